The first-order chi connectivity index (χ1) is 9.86. The summed E-state index contributed by atoms with van der Waals surface area (Å²) in [6.45, 7) is 2.68. The molecule has 0 saturated heterocycles. The van der Waals surface area contributed by atoms with E-state index in [0.717, 1.165) is 34.3 Å². The molecule has 0 radical (unpaired) electrons. The van der Waals surface area contributed by atoms with Gasteiger partial charge in [0.2, 0.25) is 0 Å². The molecule has 0 aliphatic carbocycles. The van der Waals surface area contributed by atoms with E-state index in [0.29, 0.717) is 6.61 Å². The predicted octanol–water partition coefficient (Wildman–Crippen LogP) is 4.38. The molecule has 0 spiro atoms. The molecule has 1 aromatic heterocycles. The van der Waals surface area contributed by atoms with Gasteiger partial charge in [0.25, 0.3) is 0 Å². The van der Waals surface area contributed by atoms with E-state index in [-0.39, 0.29) is 0 Å². The number of pyridine rings is 1. The minimum Gasteiger partial charge on any atom is -0.487 e. The summed E-state index contributed by atoms with van der Waals surface area (Å²) >= 11 is 0. The molecule has 0 bridgehead atoms. The van der Waals surface area contributed by atoms with Crippen molar-refractivity contribution >= 4 is 10.9 Å². The lowest BCUT2D eigenvalue weighted by Crippen LogP contribution is -1.97. The molecule has 0 aliphatic heterocycles. The second-order valence-corrected chi connectivity index (χ2v) is 4.76. The molecule has 0 fully saturated rings. The fourth-order valence-electron chi connectivity index (χ4n) is 2.21. The molecule has 20 heavy (non-hydrogen) atoms. The van der Waals surface area contributed by atoms with Crippen LogP contribution in [0.1, 0.15) is 18.2 Å². The maximum Gasteiger partial charge on any atom is 0.146 e. The summed E-state index contributed by atoms with van der Waals surface area (Å²) in [6, 6.07) is 20.4. The number of benzene rings is 2. The van der Waals surface area contributed by atoms with E-state index in [9.17, 15) is 0 Å². The number of hydrogen-bond acceptors (Lipinski definition) is 2. The van der Waals surface area contributed by atoms with Crippen LogP contribution in [0.3, 0.4) is 0 Å². The highest BCUT2D eigenvalue weighted by molar-refractivity contribution is 5.84. The van der Waals surface area contributed by atoms with Gasteiger partial charge in [-0.05, 0) is 24.1 Å². The number of aryl methyl sites for hydroxylation is 1. The highest BCUT2D eigenvalue weighted by Gasteiger charge is 2.04. The SMILES string of the molecule is CCc1ccc2cccc(OCc3ccccc3)c2n1. The zero-order chi connectivity index (χ0) is 13.8. The van der Waals surface area contributed by atoms with Gasteiger partial charge in [-0.1, -0.05) is 55.5 Å². The average molecular weight is 263 g/mol. The van der Waals surface area contributed by atoms with Crippen molar-refractivity contribution < 1.29 is 4.74 Å². The Balaban J connectivity index is 1.90. The zero-order valence-electron chi connectivity index (χ0n) is 11.5. The Hall–Kier alpha value is -2.35. The molecule has 2 nitrogen and oxygen atoms in total. The van der Waals surface area contributed by atoms with Crippen LogP contribution < -0.4 is 4.74 Å². The van der Waals surface area contributed by atoms with E-state index < -0.39 is 0 Å². The van der Waals surface area contributed by atoms with Gasteiger partial charge in [-0.2, -0.15) is 0 Å². The van der Waals surface area contributed by atoms with Crippen LogP contribution in [0.15, 0.2) is 60.7 Å². The highest BCUT2D eigenvalue weighted by Crippen LogP contribution is 2.25. The smallest absolute Gasteiger partial charge is 0.146 e. The summed E-state index contributed by atoms with van der Waals surface area (Å²) in [5, 5.41) is 1.12. The van der Waals surface area contributed by atoms with Crippen molar-refractivity contribution in [2.75, 3.05) is 0 Å². The van der Waals surface area contributed by atoms with Crippen LogP contribution in [0.25, 0.3) is 10.9 Å². The molecule has 0 atom stereocenters. The van der Waals surface area contributed by atoms with Gasteiger partial charge in [-0.15, -0.1) is 0 Å². The summed E-state index contributed by atoms with van der Waals surface area (Å²) in [4.78, 5) is 4.68. The van der Waals surface area contributed by atoms with Crippen LogP contribution in [0, 0.1) is 0 Å². The van der Waals surface area contributed by atoms with Gasteiger partial charge in [-0.3, -0.25) is 0 Å². The van der Waals surface area contributed by atoms with Crippen LogP contribution in [0.5, 0.6) is 5.75 Å². The number of nitrogens with zero attached hydrogens (tertiary/aromatic N) is 1. The Labute approximate surface area is 119 Å². The Bertz CT molecular complexity index is 707. The summed E-state index contributed by atoms with van der Waals surface area (Å²) in [7, 11) is 0. The summed E-state index contributed by atoms with van der Waals surface area (Å²) < 4.78 is 5.94. The monoisotopic (exact) mass is 263 g/mol. The van der Waals surface area contributed by atoms with Crippen LogP contribution in [0.4, 0.5) is 0 Å². The van der Waals surface area contributed by atoms with Crippen LogP contribution >= 0.6 is 0 Å². The highest BCUT2D eigenvalue weighted by atomic mass is 16.5. The maximum absolute atomic E-state index is 5.94. The maximum atomic E-state index is 5.94. The number of para-hydroxylation sites is 1. The molecule has 2 heteroatoms. The Morgan fingerprint density at radius 1 is 0.900 bits per heavy atom. The third-order valence-electron chi connectivity index (χ3n) is 3.34. The third-order valence-corrected chi connectivity index (χ3v) is 3.34. The van der Waals surface area contributed by atoms with Gasteiger partial charge < -0.3 is 4.74 Å². The van der Waals surface area contributed by atoms with Crippen molar-refractivity contribution in [1.82, 2.24) is 4.98 Å². The van der Waals surface area contributed by atoms with Crippen molar-refractivity contribution in [3.63, 3.8) is 0 Å². The van der Waals surface area contributed by atoms with Crippen LogP contribution in [-0.4, -0.2) is 4.98 Å². The average Bonchev–Trinajstić information content (AvgIpc) is 2.53. The number of rotatable bonds is 4. The minimum absolute atomic E-state index is 0.567. The van der Waals surface area contributed by atoms with Gasteiger partial charge in [0.1, 0.15) is 17.9 Å². The second-order valence-electron chi connectivity index (χ2n) is 4.76. The molecule has 3 rings (SSSR count). The van der Waals surface area contributed by atoms with Crippen LogP contribution in [-0.2, 0) is 13.0 Å². The zero-order valence-corrected chi connectivity index (χ0v) is 11.5. The molecule has 0 N–H and O–H groups in total. The normalized spacial score (nSPS) is 10.7. The fraction of sp³-hybridized carbons (Fsp3) is 0.167. The molecule has 100 valence electrons. The lowest BCUT2D eigenvalue weighted by molar-refractivity contribution is 0.309. The number of hydrogen-bond donors (Lipinski definition) is 0. The molecule has 0 saturated carbocycles. The standard InChI is InChI=1S/C18H17NO/c1-2-16-12-11-15-9-6-10-17(18(15)19-16)20-13-14-7-4-3-5-8-14/h3-12H,2,13H2,1H3. The first kappa shape index (κ1) is 12.7. The number of fused-ring (bicyclic) bond motifs is 1. The van der Waals surface area contributed by atoms with Gasteiger partial charge >= 0.3 is 0 Å². The van der Waals surface area contributed by atoms with E-state index in [4.69, 9.17) is 4.74 Å². The largest absolute Gasteiger partial charge is 0.487 e. The lowest BCUT2D eigenvalue weighted by Gasteiger charge is -2.09. The molecular weight excluding hydrogens is 246 g/mol. The van der Waals surface area contributed by atoms with Crippen molar-refractivity contribution in [2.24, 2.45) is 0 Å². The third kappa shape index (κ3) is 2.64. The second kappa shape index (κ2) is 5.74. The van der Waals surface area contributed by atoms with Gasteiger partial charge in [0.05, 0.1) is 0 Å². The first-order valence-corrected chi connectivity index (χ1v) is 6.92. The Kier molecular flexibility index (Phi) is 3.64. The quantitative estimate of drug-likeness (QED) is 0.697. The summed E-state index contributed by atoms with van der Waals surface area (Å²) in [5.41, 5.74) is 3.20. The molecule has 1 heterocycles. The fourth-order valence-corrected chi connectivity index (χ4v) is 2.21. The van der Waals surface area contributed by atoms with E-state index in [2.05, 4.69) is 42.2 Å². The van der Waals surface area contributed by atoms with E-state index >= 15 is 0 Å². The van der Waals surface area contributed by atoms with Gasteiger partial charge in [0, 0.05) is 11.1 Å². The van der Waals surface area contributed by atoms with E-state index in [1.807, 2.05) is 30.3 Å². The van der Waals surface area contributed by atoms with Crippen LogP contribution in [0.2, 0.25) is 0 Å². The first-order valence-electron chi connectivity index (χ1n) is 6.92. The van der Waals surface area contributed by atoms with Crippen molar-refractivity contribution in [2.45, 2.75) is 20.0 Å². The summed E-state index contributed by atoms with van der Waals surface area (Å²) in [5.74, 6) is 0.849. The van der Waals surface area contributed by atoms with Gasteiger partial charge in [-0.25, -0.2) is 4.98 Å². The number of aromatic nitrogens is 1. The Morgan fingerprint density at radius 3 is 2.55 bits per heavy atom. The predicted molar refractivity (Wildman–Crippen MR) is 81.9 cm³/mol. The topological polar surface area (TPSA) is 22.1 Å². The minimum atomic E-state index is 0.567. The molecule has 2 aromatic carbocycles. The lowest BCUT2D eigenvalue weighted by atomic mass is 10.1. The van der Waals surface area contributed by atoms with Crippen molar-refractivity contribution in [1.29, 1.82) is 0 Å². The molecule has 0 aliphatic rings. The number of ether oxygens (including phenoxy) is 1. The molecule has 3 aromatic rings. The van der Waals surface area contributed by atoms with Gasteiger partial charge in [0.15, 0.2) is 0 Å². The van der Waals surface area contributed by atoms with E-state index in [1.54, 1.807) is 0 Å². The van der Waals surface area contributed by atoms with Crippen molar-refractivity contribution in [3.05, 3.63) is 71.9 Å². The molecule has 0 amide bonds. The molecule has 0 unspecified atom stereocenters. The molecular formula is C18H17NO. The van der Waals surface area contributed by atoms with E-state index in [1.165, 1.54) is 0 Å². The van der Waals surface area contributed by atoms with Crippen molar-refractivity contribution in [3.8, 4) is 5.75 Å². The summed E-state index contributed by atoms with van der Waals surface area (Å²) in [6.07, 6.45) is 0.933. The Morgan fingerprint density at radius 2 is 1.75 bits per heavy atom.